The second kappa shape index (κ2) is 9.88. The van der Waals surface area contributed by atoms with Gasteiger partial charge in [0.05, 0.1) is 15.4 Å². The van der Waals surface area contributed by atoms with Crippen LogP contribution in [0.2, 0.25) is 0 Å². The van der Waals surface area contributed by atoms with Crippen LogP contribution in [0, 0.1) is 17.0 Å². The Balaban J connectivity index is 1.70. The summed E-state index contributed by atoms with van der Waals surface area (Å²) >= 11 is 6.46. The Morgan fingerprint density at radius 1 is 1.29 bits per heavy atom. The lowest BCUT2D eigenvalue weighted by molar-refractivity contribution is -0.384. The van der Waals surface area contributed by atoms with Gasteiger partial charge in [0.2, 0.25) is 0 Å². The number of rotatable bonds is 9. The van der Waals surface area contributed by atoms with E-state index in [0.29, 0.717) is 52.1 Å². The van der Waals surface area contributed by atoms with Crippen LogP contribution in [0.15, 0.2) is 39.7 Å². The number of nitro benzene ring substituents is 1. The lowest BCUT2D eigenvalue weighted by Crippen LogP contribution is -2.29. The zero-order chi connectivity index (χ0) is 22.5. The van der Waals surface area contributed by atoms with Gasteiger partial charge >= 0.3 is 5.97 Å². The van der Waals surface area contributed by atoms with E-state index in [2.05, 4.69) is 0 Å². The van der Waals surface area contributed by atoms with Gasteiger partial charge in [0.25, 0.3) is 11.6 Å². The summed E-state index contributed by atoms with van der Waals surface area (Å²) in [4.78, 5) is 36.1. The Kier molecular flexibility index (Phi) is 7.24. The number of aryl methyl sites for hydroxylation is 1. The minimum atomic E-state index is -0.831. The van der Waals surface area contributed by atoms with Crippen LogP contribution >= 0.6 is 24.0 Å². The van der Waals surface area contributed by atoms with E-state index in [-0.39, 0.29) is 18.0 Å². The highest BCUT2D eigenvalue weighted by Crippen LogP contribution is 2.35. The number of benzene rings is 1. The number of aliphatic carboxylic acids is 1. The van der Waals surface area contributed by atoms with Crippen molar-refractivity contribution >= 4 is 51.9 Å². The molecular formula is C21H20N2O6S2. The van der Waals surface area contributed by atoms with Gasteiger partial charge in [-0.25, -0.2) is 0 Å². The van der Waals surface area contributed by atoms with Crippen LogP contribution in [0.3, 0.4) is 0 Å². The topological polar surface area (TPSA) is 114 Å². The van der Waals surface area contributed by atoms with E-state index in [9.17, 15) is 19.7 Å². The lowest BCUT2D eigenvalue weighted by Gasteiger charge is -2.13. The summed E-state index contributed by atoms with van der Waals surface area (Å²) in [6.45, 7) is 2.21. The molecule has 162 valence electrons. The molecule has 0 bridgehead atoms. The van der Waals surface area contributed by atoms with Crippen LogP contribution in [-0.4, -0.2) is 37.7 Å². The predicted molar refractivity (Wildman–Crippen MR) is 122 cm³/mol. The zero-order valence-corrected chi connectivity index (χ0v) is 18.3. The average Bonchev–Trinajstić information content (AvgIpc) is 3.27. The molecule has 10 heteroatoms. The van der Waals surface area contributed by atoms with Gasteiger partial charge in [-0.1, -0.05) is 36.5 Å². The van der Waals surface area contributed by atoms with Gasteiger partial charge in [-0.3, -0.25) is 24.6 Å². The highest BCUT2D eigenvalue weighted by atomic mass is 32.2. The maximum absolute atomic E-state index is 12.7. The molecule has 1 aromatic carbocycles. The third kappa shape index (κ3) is 5.59. The maximum atomic E-state index is 12.7. The standard InChI is InChI=1S/C21H20N2O6S2/c1-13-6-8-15(16(11-13)23(27)28)17-9-7-14(29-17)12-18-20(26)22(21(30)31-18)10-4-2-3-5-19(24)25/h6-9,11-12H,2-5,10H2,1H3,(H,24,25). The Bertz CT molecular complexity index is 1080. The van der Waals surface area contributed by atoms with Gasteiger partial charge < -0.3 is 9.52 Å². The van der Waals surface area contributed by atoms with E-state index in [4.69, 9.17) is 21.7 Å². The van der Waals surface area contributed by atoms with Gasteiger partial charge in [0.1, 0.15) is 15.8 Å². The van der Waals surface area contributed by atoms with Crippen LogP contribution in [-0.2, 0) is 9.59 Å². The summed E-state index contributed by atoms with van der Waals surface area (Å²) in [6, 6.07) is 8.18. The van der Waals surface area contributed by atoms with Crippen LogP contribution in [0.5, 0.6) is 0 Å². The minimum Gasteiger partial charge on any atom is -0.481 e. The normalized spacial score (nSPS) is 15.1. The molecule has 0 radical (unpaired) electrons. The molecule has 2 aromatic rings. The van der Waals surface area contributed by atoms with Crippen molar-refractivity contribution in [2.45, 2.75) is 32.6 Å². The maximum Gasteiger partial charge on any atom is 0.303 e. The van der Waals surface area contributed by atoms with Gasteiger partial charge in [-0.05, 0) is 43.5 Å². The fraction of sp³-hybridized carbons (Fsp3) is 0.286. The van der Waals surface area contributed by atoms with E-state index in [1.54, 1.807) is 37.3 Å². The molecule has 3 rings (SSSR count). The number of hydrogen-bond donors (Lipinski definition) is 1. The molecule has 1 N–H and O–H groups in total. The quantitative estimate of drug-likeness (QED) is 0.183. The molecule has 0 spiro atoms. The number of nitro groups is 1. The predicted octanol–water partition coefficient (Wildman–Crippen LogP) is 5.01. The van der Waals surface area contributed by atoms with Gasteiger partial charge in [-0.2, -0.15) is 0 Å². The van der Waals surface area contributed by atoms with Gasteiger partial charge in [0.15, 0.2) is 0 Å². The molecule has 0 aliphatic carbocycles. The number of carbonyl (C=O) groups excluding carboxylic acids is 1. The second-order valence-corrected chi connectivity index (χ2v) is 8.69. The number of thiocarbonyl (C=S) groups is 1. The lowest BCUT2D eigenvalue weighted by atomic mass is 10.1. The summed E-state index contributed by atoms with van der Waals surface area (Å²) in [7, 11) is 0. The first-order chi connectivity index (χ1) is 14.8. The van der Waals surface area contributed by atoms with Crippen LogP contribution in [0.4, 0.5) is 5.69 Å². The number of unbranched alkanes of at least 4 members (excludes halogenated alkanes) is 2. The summed E-state index contributed by atoms with van der Waals surface area (Å²) in [6.07, 6.45) is 3.60. The summed E-state index contributed by atoms with van der Waals surface area (Å²) in [5.74, 6) is -0.325. The first-order valence-corrected chi connectivity index (χ1v) is 10.8. The van der Waals surface area contributed by atoms with Crippen molar-refractivity contribution in [2.24, 2.45) is 0 Å². The van der Waals surface area contributed by atoms with Crippen molar-refractivity contribution in [3.63, 3.8) is 0 Å². The molecule has 1 aromatic heterocycles. The monoisotopic (exact) mass is 460 g/mol. The highest BCUT2D eigenvalue weighted by Gasteiger charge is 2.31. The van der Waals surface area contributed by atoms with Gasteiger partial charge in [-0.15, -0.1) is 0 Å². The van der Waals surface area contributed by atoms with E-state index < -0.39 is 10.9 Å². The number of carboxylic acid groups (broad SMARTS) is 1. The van der Waals surface area contributed by atoms with Crippen molar-refractivity contribution in [3.8, 4) is 11.3 Å². The number of carboxylic acids is 1. The fourth-order valence-electron chi connectivity index (χ4n) is 3.12. The number of hydrogen-bond acceptors (Lipinski definition) is 7. The molecule has 1 fully saturated rings. The number of furan rings is 1. The molecule has 8 nitrogen and oxygen atoms in total. The Hall–Kier alpha value is -2.98. The number of thioether (sulfide) groups is 1. The Morgan fingerprint density at radius 3 is 2.77 bits per heavy atom. The largest absolute Gasteiger partial charge is 0.481 e. The molecule has 2 heterocycles. The average molecular weight is 461 g/mol. The van der Waals surface area contributed by atoms with Crippen molar-refractivity contribution in [2.75, 3.05) is 6.54 Å². The SMILES string of the molecule is Cc1ccc(-c2ccc(C=C3SC(=S)N(CCCCCC(=O)O)C3=O)o2)c([N+](=O)[O-])c1. The van der Waals surface area contributed by atoms with Crippen LogP contribution < -0.4 is 0 Å². The van der Waals surface area contributed by atoms with Crippen LogP contribution in [0.1, 0.15) is 37.0 Å². The molecule has 0 saturated carbocycles. The van der Waals surface area contributed by atoms with Crippen molar-refractivity contribution in [1.29, 1.82) is 0 Å². The number of amides is 1. The Morgan fingerprint density at radius 2 is 2.06 bits per heavy atom. The third-order valence-electron chi connectivity index (χ3n) is 4.66. The first-order valence-electron chi connectivity index (χ1n) is 9.58. The van der Waals surface area contributed by atoms with Crippen molar-refractivity contribution in [3.05, 3.63) is 56.7 Å². The number of carbonyl (C=O) groups is 2. The summed E-state index contributed by atoms with van der Waals surface area (Å²) < 4.78 is 6.19. The first kappa shape index (κ1) is 22.7. The highest BCUT2D eigenvalue weighted by molar-refractivity contribution is 8.26. The molecule has 1 amide bonds. The molecule has 0 unspecified atom stereocenters. The molecule has 31 heavy (non-hydrogen) atoms. The number of nitrogens with zero attached hydrogens (tertiary/aromatic N) is 2. The smallest absolute Gasteiger partial charge is 0.303 e. The van der Waals surface area contributed by atoms with E-state index in [0.717, 1.165) is 5.56 Å². The van der Waals surface area contributed by atoms with Crippen molar-refractivity contribution in [1.82, 2.24) is 4.90 Å². The van der Waals surface area contributed by atoms with E-state index in [1.165, 1.54) is 22.7 Å². The third-order valence-corrected chi connectivity index (χ3v) is 6.04. The molecule has 0 atom stereocenters. The fourth-order valence-corrected chi connectivity index (χ4v) is 4.41. The minimum absolute atomic E-state index is 0.0462. The van der Waals surface area contributed by atoms with E-state index >= 15 is 0 Å². The summed E-state index contributed by atoms with van der Waals surface area (Å²) in [5.41, 5.74) is 1.09. The van der Waals surface area contributed by atoms with E-state index in [1.807, 2.05) is 0 Å². The van der Waals surface area contributed by atoms with Gasteiger partial charge in [0, 0.05) is 25.1 Å². The molecular weight excluding hydrogens is 440 g/mol. The zero-order valence-electron chi connectivity index (χ0n) is 16.7. The van der Waals surface area contributed by atoms with Crippen molar-refractivity contribution < 1.29 is 24.0 Å². The molecule has 1 saturated heterocycles. The summed E-state index contributed by atoms with van der Waals surface area (Å²) in [5, 5.41) is 20.0. The molecule has 1 aliphatic heterocycles. The van der Waals surface area contributed by atoms with Crippen LogP contribution in [0.25, 0.3) is 17.4 Å². The molecule has 1 aliphatic rings. The second-order valence-electron chi connectivity index (χ2n) is 7.02. The Labute approximate surface area is 188 Å².